The van der Waals surface area contributed by atoms with Crippen LogP contribution in [0.25, 0.3) is 0 Å². The summed E-state index contributed by atoms with van der Waals surface area (Å²) in [7, 11) is -0.119. The van der Waals surface area contributed by atoms with E-state index in [0.29, 0.717) is 4.38 Å². The average Bonchev–Trinajstić information content (AvgIpc) is 2.93. The van der Waals surface area contributed by atoms with Gasteiger partial charge in [0.15, 0.2) is 0 Å². The van der Waals surface area contributed by atoms with Crippen molar-refractivity contribution in [2.24, 2.45) is 0 Å². The van der Waals surface area contributed by atoms with E-state index in [0.717, 1.165) is 17.0 Å². The molecule has 0 amide bonds. The highest BCUT2D eigenvalue weighted by molar-refractivity contribution is 8.08. The Balaban J connectivity index is 2.26. The Morgan fingerprint density at radius 1 is 0.806 bits per heavy atom. The SMILES string of the molecule is CCCCP(CC)C(P(C)c1ccccc1)(P(C)C(C)CCC)P(C1CCCCC1)C1CCCCC1. The van der Waals surface area contributed by atoms with Gasteiger partial charge >= 0.3 is 0 Å². The molecule has 0 aliphatic heterocycles. The zero-order valence-electron chi connectivity index (χ0n) is 24.7. The molecule has 206 valence electrons. The van der Waals surface area contributed by atoms with Crippen LogP contribution in [0.15, 0.2) is 30.3 Å². The summed E-state index contributed by atoms with van der Waals surface area (Å²) in [5.41, 5.74) is 3.03. The monoisotopic (exact) mass is 566 g/mol. The minimum absolute atomic E-state index is 0.0227. The third kappa shape index (κ3) is 7.36. The van der Waals surface area contributed by atoms with Crippen molar-refractivity contribution in [3.63, 3.8) is 0 Å². The summed E-state index contributed by atoms with van der Waals surface area (Å²) in [6.45, 7) is 15.9. The molecule has 0 spiro atoms. The highest BCUT2D eigenvalue weighted by Crippen LogP contribution is 2.92. The molecular weight excluding hydrogens is 508 g/mol. The van der Waals surface area contributed by atoms with E-state index in [2.05, 4.69) is 71.4 Å². The number of hydrogen-bond donors (Lipinski definition) is 0. The second kappa shape index (κ2) is 16.3. The molecular formula is C32H58P4. The minimum atomic E-state index is -0.170. The van der Waals surface area contributed by atoms with Gasteiger partial charge in [-0.2, -0.15) is 0 Å². The maximum atomic E-state index is 2.86. The molecule has 0 radical (unpaired) electrons. The van der Waals surface area contributed by atoms with Gasteiger partial charge in [-0.05, 0) is 86.5 Å². The lowest BCUT2D eigenvalue weighted by Gasteiger charge is -2.61. The summed E-state index contributed by atoms with van der Waals surface area (Å²) >= 11 is 0. The first-order valence-electron chi connectivity index (χ1n) is 15.6. The summed E-state index contributed by atoms with van der Waals surface area (Å²) < 4.78 is 0.652. The third-order valence-corrected chi connectivity index (χ3v) is 29.7. The van der Waals surface area contributed by atoms with E-state index in [1.54, 1.807) is 37.1 Å². The van der Waals surface area contributed by atoms with Crippen molar-refractivity contribution in [3.05, 3.63) is 30.3 Å². The van der Waals surface area contributed by atoms with Crippen molar-refractivity contribution in [1.82, 2.24) is 0 Å². The first kappa shape index (κ1) is 31.5. The molecule has 0 heterocycles. The van der Waals surface area contributed by atoms with Gasteiger partial charge < -0.3 is 0 Å². The van der Waals surface area contributed by atoms with Crippen molar-refractivity contribution in [2.75, 3.05) is 25.7 Å². The van der Waals surface area contributed by atoms with E-state index in [1.165, 1.54) is 70.4 Å². The second-order valence-electron chi connectivity index (χ2n) is 11.7. The van der Waals surface area contributed by atoms with Gasteiger partial charge in [0.2, 0.25) is 0 Å². The Kier molecular flexibility index (Phi) is 14.2. The zero-order chi connectivity index (χ0) is 26.0. The van der Waals surface area contributed by atoms with Gasteiger partial charge in [-0.1, -0.05) is 141 Å². The number of hydrogen-bond acceptors (Lipinski definition) is 0. The van der Waals surface area contributed by atoms with Gasteiger partial charge in [-0.3, -0.25) is 0 Å². The summed E-state index contributed by atoms with van der Waals surface area (Å²) in [5.74, 6) is 0. The van der Waals surface area contributed by atoms with Crippen LogP contribution in [0, 0.1) is 0 Å². The molecule has 4 heteroatoms. The normalized spacial score (nSPS) is 23.2. The predicted octanol–water partition coefficient (Wildman–Crippen LogP) is 11.8. The highest BCUT2D eigenvalue weighted by atomic mass is 31.3. The van der Waals surface area contributed by atoms with E-state index in [4.69, 9.17) is 0 Å². The summed E-state index contributed by atoms with van der Waals surface area (Å²) in [6.07, 6.45) is 24.0. The van der Waals surface area contributed by atoms with E-state index >= 15 is 0 Å². The van der Waals surface area contributed by atoms with E-state index in [-0.39, 0.29) is 31.7 Å². The molecule has 2 fully saturated rings. The first-order valence-corrected chi connectivity index (χ1v) is 22.4. The maximum absolute atomic E-state index is 2.86. The number of unbranched alkanes of at least 4 members (excludes halogenated alkanes) is 1. The van der Waals surface area contributed by atoms with Crippen molar-refractivity contribution in [1.29, 1.82) is 0 Å². The molecule has 2 aliphatic rings. The molecule has 0 N–H and O–H groups in total. The average molecular weight is 567 g/mol. The van der Waals surface area contributed by atoms with Crippen LogP contribution in [0.3, 0.4) is 0 Å². The van der Waals surface area contributed by atoms with Crippen LogP contribution >= 0.6 is 31.7 Å². The van der Waals surface area contributed by atoms with Crippen LogP contribution in [-0.4, -0.2) is 47.0 Å². The van der Waals surface area contributed by atoms with E-state index in [1.807, 2.05) is 0 Å². The zero-order valence-corrected chi connectivity index (χ0v) is 28.3. The Morgan fingerprint density at radius 3 is 1.83 bits per heavy atom. The topological polar surface area (TPSA) is 0 Å². The van der Waals surface area contributed by atoms with Crippen LogP contribution in [0.1, 0.15) is 118 Å². The van der Waals surface area contributed by atoms with Crippen LogP contribution in [0.4, 0.5) is 0 Å². The quantitative estimate of drug-likeness (QED) is 0.197. The molecule has 2 saturated carbocycles. The van der Waals surface area contributed by atoms with Gasteiger partial charge in [0.1, 0.15) is 0 Å². The molecule has 0 saturated heterocycles. The highest BCUT2D eigenvalue weighted by Gasteiger charge is 2.56. The van der Waals surface area contributed by atoms with Gasteiger partial charge in [-0.15, -0.1) is 0 Å². The van der Waals surface area contributed by atoms with Crippen molar-refractivity contribution in [3.8, 4) is 0 Å². The second-order valence-corrected chi connectivity index (χ2v) is 24.6. The fourth-order valence-corrected chi connectivity index (χ4v) is 32.1. The van der Waals surface area contributed by atoms with Crippen LogP contribution in [-0.2, 0) is 0 Å². The Morgan fingerprint density at radius 2 is 1.36 bits per heavy atom. The lowest BCUT2D eigenvalue weighted by molar-refractivity contribution is 0.484. The summed E-state index contributed by atoms with van der Waals surface area (Å²) in [5, 5.41) is 1.74. The minimum Gasteiger partial charge on any atom is -0.0867 e. The van der Waals surface area contributed by atoms with E-state index < -0.39 is 0 Å². The third-order valence-electron chi connectivity index (χ3n) is 9.30. The molecule has 36 heavy (non-hydrogen) atoms. The number of benzene rings is 1. The first-order chi connectivity index (χ1) is 17.5. The van der Waals surface area contributed by atoms with Gasteiger partial charge in [0.05, 0.1) is 4.38 Å². The van der Waals surface area contributed by atoms with Crippen molar-refractivity contribution in [2.45, 2.75) is 139 Å². The number of rotatable bonds is 14. The van der Waals surface area contributed by atoms with Crippen LogP contribution in [0.2, 0.25) is 0 Å². The smallest absolute Gasteiger partial charge is 0.0533 e. The van der Waals surface area contributed by atoms with Gasteiger partial charge in [0, 0.05) is 0 Å². The van der Waals surface area contributed by atoms with Gasteiger partial charge in [-0.25, -0.2) is 0 Å². The van der Waals surface area contributed by atoms with Crippen molar-refractivity contribution >= 4 is 37.0 Å². The Hall–Kier alpha value is 0.940. The van der Waals surface area contributed by atoms with Crippen LogP contribution < -0.4 is 5.30 Å². The molecule has 1 aromatic rings. The molecule has 0 nitrogen and oxygen atoms in total. The molecule has 1 aromatic carbocycles. The van der Waals surface area contributed by atoms with Crippen LogP contribution in [0.5, 0.6) is 0 Å². The lowest BCUT2D eigenvalue weighted by atomic mass is 9.99. The standard InChI is InChI=1S/C32H58P4/c1-7-10-27-35(9-3)32(33(5)28(4)20-8-2,34(6)29-21-14-11-15-22-29)36(30-23-16-12-17-24-30)31-25-18-13-19-26-31/h11,14-15,21-22,28,30-31H,7-10,12-13,16-20,23-27H2,1-6H3. The molecule has 5 atom stereocenters. The van der Waals surface area contributed by atoms with E-state index in [9.17, 15) is 0 Å². The molecule has 3 rings (SSSR count). The van der Waals surface area contributed by atoms with Crippen molar-refractivity contribution < 1.29 is 0 Å². The fourth-order valence-electron chi connectivity index (χ4n) is 7.30. The summed E-state index contributed by atoms with van der Waals surface area (Å²) in [4.78, 5) is 0. The Labute approximate surface area is 231 Å². The predicted molar refractivity (Wildman–Crippen MR) is 177 cm³/mol. The Bertz CT molecular complexity index is 690. The molecule has 0 aromatic heterocycles. The molecule has 5 unspecified atom stereocenters. The molecule has 2 aliphatic carbocycles. The van der Waals surface area contributed by atoms with Gasteiger partial charge in [0.25, 0.3) is 0 Å². The fraction of sp³-hybridized carbons (Fsp3) is 0.812. The molecule has 0 bridgehead atoms. The maximum Gasteiger partial charge on any atom is 0.0533 e. The largest absolute Gasteiger partial charge is 0.0867 e. The lowest BCUT2D eigenvalue weighted by Crippen LogP contribution is -2.37. The summed E-state index contributed by atoms with van der Waals surface area (Å²) in [6, 6.07) is 12.1.